The minimum atomic E-state index is -1.34. The number of aliphatic hydroxyl groups is 2. The summed E-state index contributed by atoms with van der Waals surface area (Å²) in [7, 11) is 0. The molecule has 1 unspecified atom stereocenters. The molecule has 3 N–H and O–H groups in total. The van der Waals surface area contributed by atoms with Crippen molar-refractivity contribution in [3.8, 4) is 11.5 Å². The second kappa shape index (κ2) is 7.21. The molecule has 2 aliphatic heterocycles. The van der Waals surface area contributed by atoms with Crippen molar-refractivity contribution in [1.82, 2.24) is 5.32 Å². The van der Waals surface area contributed by atoms with Crippen LogP contribution in [0, 0.1) is 0 Å². The average molecular weight is 353 g/mol. The molecule has 0 fully saturated rings. The lowest BCUT2D eigenvalue weighted by Crippen LogP contribution is -2.43. The molecule has 0 saturated heterocycles. The van der Waals surface area contributed by atoms with Gasteiger partial charge in [0.25, 0.3) is 5.91 Å². The van der Waals surface area contributed by atoms with Gasteiger partial charge in [0.2, 0.25) is 12.2 Å². The first-order chi connectivity index (χ1) is 11.6. The number of halogens is 1. The Morgan fingerprint density at radius 1 is 1.33 bits per heavy atom. The number of benzene rings is 1. The van der Waals surface area contributed by atoms with E-state index in [1.54, 1.807) is 18.2 Å². The van der Waals surface area contributed by atoms with Gasteiger partial charge in [-0.15, -0.1) is 0 Å². The first-order valence-corrected chi connectivity index (χ1v) is 8.01. The van der Waals surface area contributed by atoms with Crippen molar-refractivity contribution in [2.45, 2.75) is 25.6 Å². The molecule has 1 amide bonds. The van der Waals surface area contributed by atoms with Gasteiger partial charge in [0.05, 0.1) is 6.61 Å². The smallest absolute Gasteiger partial charge is 0.260 e. The number of carbonyl (C=O) groups is 1. The van der Waals surface area contributed by atoms with Crippen LogP contribution < -0.4 is 14.8 Å². The van der Waals surface area contributed by atoms with Gasteiger partial charge < -0.3 is 25.0 Å². The highest BCUT2D eigenvalue weighted by Gasteiger charge is 2.31. The van der Waals surface area contributed by atoms with E-state index < -0.39 is 12.3 Å². The van der Waals surface area contributed by atoms with Crippen LogP contribution in [0.3, 0.4) is 0 Å². The number of aliphatic hydroxyl groups excluding tert-OH is 2. The van der Waals surface area contributed by atoms with E-state index in [9.17, 15) is 9.90 Å². The topological polar surface area (TPSA) is 100 Å². The molecule has 2 heterocycles. The minimum absolute atomic E-state index is 0.0285. The van der Waals surface area contributed by atoms with Gasteiger partial charge in [-0.3, -0.25) is 4.79 Å². The van der Waals surface area contributed by atoms with Crippen LogP contribution in [-0.2, 0) is 4.79 Å². The molecule has 24 heavy (non-hydrogen) atoms. The lowest BCUT2D eigenvalue weighted by molar-refractivity contribution is -0.120. The maximum atomic E-state index is 11.9. The van der Waals surface area contributed by atoms with Crippen molar-refractivity contribution >= 4 is 29.5 Å². The van der Waals surface area contributed by atoms with Crippen molar-refractivity contribution < 1.29 is 24.5 Å². The number of hydrogen-bond acceptors (Lipinski definition) is 6. The summed E-state index contributed by atoms with van der Waals surface area (Å²) in [5, 5.41) is 20.8. The van der Waals surface area contributed by atoms with E-state index in [1.165, 1.54) is 0 Å². The van der Waals surface area contributed by atoms with Gasteiger partial charge in [-0.2, -0.15) is 4.99 Å². The lowest BCUT2D eigenvalue weighted by Gasteiger charge is -2.25. The third-order valence-corrected chi connectivity index (χ3v) is 3.98. The molecule has 1 atom stereocenters. The number of aliphatic imine (C=N–C) groups is 1. The van der Waals surface area contributed by atoms with E-state index in [1.807, 2.05) is 0 Å². The molecule has 0 aromatic heterocycles. The Bertz CT molecular complexity index is 717. The van der Waals surface area contributed by atoms with Crippen LogP contribution in [0.25, 0.3) is 6.08 Å². The number of nitrogens with zero attached hydrogens (tertiary/aromatic N) is 1. The van der Waals surface area contributed by atoms with Crippen LogP contribution in [-0.4, -0.2) is 41.6 Å². The maximum Gasteiger partial charge on any atom is 0.260 e. The highest BCUT2D eigenvalue weighted by molar-refractivity contribution is 6.35. The monoisotopic (exact) mass is 352 g/mol. The molecule has 128 valence electrons. The normalized spacial score (nSPS) is 18.6. The molecule has 7 nitrogen and oxygen atoms in total. The van der Waals surface area contributed by atoms with E-state index in [4.69, 9.17) is 26.2 Å². The molecule has 8 heteroatoms. The second-order valence-corrected chi connectivity index (χ2v) is 5.75. The molecule has 0 radical (unpaired) electrons. The summed E-state index contributed by atoms with van der Waals surface area (Å²) in [6, 6.07) is 3.46. The van der Waals surface area contributed by atoms with E-state index in [0.29, 0.717) is 23.7 Å². The first-order valence-electron chi connectivity index (χ1n) is 7.63. The number of amides is 1. The molecule has 3 rings (SSSR count). The quantitative estimate of drug-likeness (QED) is 0.673. The number of hydrogen-bond donors (Lipinski definition) is 3. The van der Waals surface area contributed by atoms with Crippen LogP contribution in [0.2, 0.25) is 5.02 Å². The van der Waals surface area contributed by atoms with Gasteiger partial charge in [-0.25, -0.2) is 0 Å². The predicted octanol–water partition coefficient (Wildman–Crippen LogP) is 1.46. The summed E-state index contributed by atoms with van der Waals surface area (Å²) in [5.41, 5.74) is 0.870. The summed E-state index contributed by atoms with van der Waals surface area (Å²) in [5.74, 6) is 0.380. The average Bonchev–Trinajstić information content (AvgIpc) is 2.55. The highest BCUT2D eigenvalue weighted by Crippen LogP contribution is 2.41. The Balaban J connectivity index is 1.79. The molecule has 1 aromatic rings. The number of fused-ring (bicyclic) bond motifs is 2. The number of unbranched alkanes of at least 4 members (excludes halogenated alkanes) is 2. The first kappa shape index (κ1) is 16.8. The van der Waals surface area contributed by atoms with Gasteiger partial charge in [0.15, 0.2) is 5.75 Å². The Labute approximate surface area is 143 Å². The summed E-state index contributed by atoms with van der Waals surface area (Å²) >= 11 is 6.33. The summed E-state index contributed by atoms with van der Waals surface area (Å²) in [6.07, 6.45) is 2.68. The third-order valence-electron chi connectivity index (χ3n) is 3.63. The van der Waals surface area contributed by atoms with Crippen LogP contribution in [0.1, 0.15) is 24.8 Å². The Morgan fingerprint density at radius 2 is 2.17 bits per heavy atom. The zero-order valence-corrected chi connectivity index (χ0v) is 13.5. The number of rotatable bonds is 6. The van der Waals surface area contributed by atoms with Crippen LogP contribution >= 0.6 is 11.6 Å². The molecule has 2 aliphatic rings. The SMILES string of the molecule is O=C1NC(O)N=C2Oc3c(ccc(OCCCCCO)c3Cl)C=C12. The van der Waals surface area contributed by atoms with Gasteiger partial charge in [0.1, 0.15) is 16.3 Å². The van der Waals surface area contributed by atoms with Crippen molar-refractivity contribution in [3.05, 3.63) is 28.3 Å². The summed E-state index contributed by atoms with van der Waals surface area (Å²) in [4.78, 5) is 15.7. The Kier molecular flexibility index (Phi) is 5.03. The largest absolute Gasteiger partial charge is 0.492 e. The summed E-state index contributed by atoms with van der Waals surface area (Å²) < 4.78 is 11.3. The fourth-order valence-electron chi connectivity index (χ4n) is 2.42. The lowest BCUT2D eigenvalue weighted by atomic mass is 10.0. The van der Waals surface area contributed by atoms with Crippen LogP contribution in [0.5, 0.6) is 11.5 Å². The van der Waals surface area contributed by atoms with Crippen LogP contribution in [0.15, 0.2) is 22.7 Å². The van der Waals surface area contributed by atoms with Crippen molar-refractivity contribution in [3.63, 3.8) is 0 Å². The molecule has 0 bridgehead atoms. The standard InChI is InChI=1S/C16H17ClN2O5/c17-12-11(23-7-3-1-2-6-20)5-4-9-8-10-14(21)18-16(22)19-15(10)24-13(9)12/h4-5,8,16,20,22H,1-3,6-7H2,(H,18,21). The maximum absolute atomic E-state index is 11.9. The van der Waals surface area contributed by atoms with E-state index >= 15 is 0 Å². The van der Waals surface area contributed by atoms with E-state index in [-0.39, 0.29) is 23.1 Å². The van der Waals surface area contributed by atoms with Crippen LogP contribution in [0.4, 0.5) is 0 Å². The molecule has 0 spiro atoms. The van der Waals surface area contributed by atoms with E-state index in [2.05, 4.69) is 10.3 Å². The van der Waals surface area contributed by atoms with Crippen molar-refractivity contribution in [2.24, 2.45) is 4.99 Å². The zero-order chi connectivity index (χ0) is 17.1. The van der Waals surface area contributed by atoms with Crippen molar-refractivity contribution in [1.29, 1.82) is 0 Å². The molecular formula is C16H17ClN2O5. The predicted molar refractivity (Wildman–Crippen MR) is 88.1 cm³/mol. The fourth-order valence-corrected chi connectivity index (χ4v) is 2.69. The number of nitrogens with one attached hydrogen (secondary N) is 1. The molecule has 0 saturated carbocycles. The van der Waals surface area contributed by atoms with Gasteiger partial charge in [-0.1, -0.05) is 11.6 Å². The highest BCUT2D eigenvalue weighted by atomic mass is 35.5. The number of ether oxygens (including phenoxy) is 2. The van der Waals surface area contributed by atoms with Gasteiger partial charge >= 0.3 is 0 Å². The van der Waals surface area contributed by atoms with Gasteiger partial charge in [0, 0.05) is 12.2 Å². The van der Waals surface area contributed by atoms with Gasteiger partial charge in [-0.05, 0) is 37.5 Å². The fraction of sp³-hybridized carbons (Fsp3) is 0.375. The minimum Gasteiger partial charge on any atom is -0.492 e. The molecular weight excluding hydrogens is 336 g/mol. The van der Waals surface area contributed by atoms with E-state index in [0.717, 1.165) is 19.3 Å². The third kappa shape index (κ3) is 3.38. The Morgan fingerprint density at radius 3 is 2.96 bits per heavy atom. The summed E-state index contributed by atoms with van der Waals surface area (Å²) in [6.45, 7) is 0.644. The second-order valence-electron chi connectivity index (χ2n) is 5.37. The zero-order valence-electron chi connectivity index (χ0n) is 12.8. The molecule has 1 aromatic carbocycles. The Hall–Kier alpha value is -2.09. The molecule has 0 aliphatic carbocycles. The number of carbonyl (C=O) groups excluding carboxylic acids is 1. The van der Waals surface area contributed by atoms with Crippen molar-refractivity contribution in [2.75, 3.05) is 13.2 Å².